The molecule has 2 aliphatic rings. The summed E-state index contributed by atoms with van der Waals surface area (Å²) in [6.45, 7) is 0. The molecule has 0 fully saturated rings. The predicted molar refractivity (Wildman–Crippen MR) is 106 cm³/mol. The Morgan fingerprint density at radius 1 is 0.600 bits per heavy atom. The maximum absolute atomic E-state index is 2.52. The highest BCUT2D eigenvalue weighted by Crippen LogP contribution is 2.35. The van der Waals surface area contributed by atoms with Crippen molar-refractivity contribution < 1.29 is 0 Å². The fourth-order valence-electron chi connectivity index (χ4n) is 4.17. The van der Waals surface area contributed by atoms with Gasteiger partial charge in [0.15, 0.2) is 0 Å². The van der Waals surface area contributed by atoms with Gasteiger partial charge in [-0.1, -0.05) is 66.8 Å². The van der Waals surface area contributed by atoms with Gasteiger partial charge in [0.1, 0.15) is 0 Å². The van der Waals surface area contributed by atoms with Crippen LogP contribution in [0.5, 0.6) is 0 Å². The summed E-state index contributed by atoms with van der Waals surface area (Å²) in [6.07, 6.45) is 13.8. The normalized spacial score (nSPS) is 15.0. The molecule has 1 heterocycles. The lowest BCUT2D eigenvalue weighted by atomic mass is 9.97. The molecule has 0 saturated heterocycles. The smallest absolute Gasteiger partial charge is 0.0456 e. The minimum Gasteiger partial charge on any atom is -0.317 e. The van der Waals surface area contributed by atoms with Crippen molar-refractivity contribution in [1.82, 2.24) is 4.57 Å². The molecule has 0 bridgehead atoms. The maximum atomic E-state index is 2.52. The standard InChI is InChI=1S/C24H21N/c1-2-8-18(9-3-1)19-14-16-20(17-15-19)25-23-12-6-4-10-21(23)22-11-5-7-13-24(22)25/h1-5,8-11,14-17H,6-7,12-13H2. The van der Waals surface area contributed by atoms with Crippen molar-refractivity contribution in [3.8, 4) is 16.8 Å². The second-order valence-electron chi connectivity index (χ2n) is 6.85. The predicted octanol–water partition coefficient (Wildman–Crippen LogP) is 6.06. The number of benzene rings is 2. The molecule has 1 nitrogen and oxygen atoms in total. The molecule has 0 saturated carbocycles. The van der Waals surface area contributed by atoms with E-state index in [1.807, 2.05) is 0 Å². The summed E-state index contributed by atoms with van der Waals surface area (Å²) >= 11 is 0. The van der Waals surface area contributed by atoms with Crippen molar-refractivity contribution in [2.75, 3.05) is 0 Å². The average molecular weight is 323 g/mol. The molecule has 0 amide bonds. The first-order valence-corrected chi connectivity index (χ1v) is 9.17. The maximum Gasteiger partial charge on any atom is 0.0456 e. The molecule has 0 aliphatic heterocycles. The Bertz CT molecular complexity index is 930. The van der Waals surface area contributed by atoms with Gasteiger partial charge in [0.25, 0.3) is 0 Å². The quantitative estimate of drug-likeness (QED) is 0.540. The van der Waals surface area contributed by atoms with Crippen LogP contribution < -0.4 is 0 Å². The van der Waals surface area contributed by atoms with Gasteiger partial charge < -0.3 is 4.57 Å². The topological polar surface area (TPSA) is 4.93 Å². The Balaban J connectivity index is 1.63. The van der Waals surface area contributed by atoms with Gasteiger partial charge in [0, 0.05) is 28.2 Å². The van der Waals surface area contributed by atoms with Crippen LogP contribution >= 0.6 is 0 Å². The molecule has 0 unspecified atom stereocenters. The molecule has 1 heteroatoms. The molecular formula is C24H21N. The van der Waals surface area contributed by atoms with E-state index in [0.29, 0.717) is 0 Å². The number of hydrogen-bond donors (Lipinski definition) is 0. The molecule has 3 aromatic rings. The van der Waals surface area contributed by atoms with E-state index in [0.717, 1.165) is 25.7 Å². The summed E-state index contributed by atoms with van der Waals surface area (Å²) in [5, 5.41) is 0. The molecular weight excluding hydrogens is 302 g/mol. The fourth-order valence-corrected chi connectivity index (χ4v) is 4.17. The molecule has 0 spiro atoms. The summed E-state index contributed by atoms with van der Waals surface area (Å²) in [5.41, 5.74) is 9.67. The molecule has 25 heavy (non-hydrogen) atoms. The van der Waals surface area contributed by atoms with Crippen LogP contribution in [0.15, 0.2) is 66.7 Å². The van der Waals surface area contributed by atoms with E-state index in [9.17, 15) is 0 Å². The van der Waals surface area contributed by atoms with Gasteiger partial charge in [0.2, 0.25) is 0 Å². The van der Waals surface area contributed by atoms with Crippen LogP contribution in [0.2, 0.25) is 0 Å². The van der Waals surface area contributed by atoms with Gasteiger partial charge in [-0.05, 0) is 48.9 Å². The summed E-state index contributed by atoms with van der Waals surface area (Å²) in [6, 6.07) is 19.7. The Labute approximate surface area is 148 Å². The number of hydrogen-bond acceptors (Lipinski definition) is 0. The summed E-state index contributed by atoms with van der Waals surface area (Å²) < 4.78 is 2.52. The van der Waals surface area contributed by atoms with Crippen molar-refractivity contribution in [2.24, 2.45) is 0 Å². The van der Waals surface area contributed by atoms with E-state index in [4.69, 9.17) is 0 Å². The van der Waals surface area contributed by atoms with Gasteiger partial charge in [-0.2, -0.15) is 0 Å². The number of aromatic nitrogens is 1. The van der Waals surface area contributed by atoms with Gasteiger partial charge >= 0.3 is 0 Å². The number of nitrogens with zero attached hydrogens (tertiary/aromatic N) is 1. The Hall–Kier alpha value is -2.80. The van der Waals surface area contributed by atoms with E-state index >= 15 is 0 Å². The summed E-state index contributed by atoms with van der Waals surface area (Å²) in [5.74, 6) is 0. The first kappa shape index (κ1) is 14.5. The second kappa shape index (κ2) is 5.93. The number of rotatable bonds is 2. The average Bonchev–Trinajstić information content (AvgIpc) is 3.03. The number of allylic oxidation sites excluding steroid dienone is 2. The van der Waals surface area contributed by atoms with Crippen LogP contribution in [0.25, 0.3) is 29.0 Å². The van der Waals surface area contributed by atoms with E-state index in [2.05, 4.69) is 83.5 Å². The van der Waals surface area contributed by atoms with Gasteiger partial charge in [-0.15, -0.1) is 0 Å². The van der Waals surface area contributed by atoms with Crippen molar-refractivity contribution >= 4 is 12.2 Å². The molecule has 1 aromatic heterocycles. The van der Waals surface area contributed by atoms with Crippen LogP contribution in [-0.2, 0) is 12.8 Å². The highest BCUT2D eigenvalue weighted by Gasteiger charge is 2.23. The zero-order valence-corrected chi connectivity index (χ0v) is 14.3. The SMILES string of the molecule is C1=Cc2c3c(n(-c4ccc(-c5ccccc5)cc4)c2CC1)CCC=C3. The van der Waals surface area contributed by atoms with E-state index in [1.54, 1.807) is 0 Å². The first-order valence-electron chi connectivity index (χ1n) is 9.17. The zero-order chi connectivity index (χ0) is 16.6. The number of fused-ring (bicyclic) bond motifs is 3. The van der Waals surface area contributed by atoms with Crippen LogP contribution in [0.3, 0.4) is 0 Å². The fraction of sp³-hybridized carbons (Fsp3) is 0.167. The highest BCUT2D eigenvalue weighted by atomic mass is 15.0. The van der Waals surface area contributed by atoms with Crippen LogP contribution in [0.1, 0.15) is 35.4 Å². The van der Waals surface area contributed by atoms with E-state index < -0.39 is 0 Å². The zero-order valence-electron chi connectivity index (χ0n) is 14.3. The highest BCUT2D eigenvalue weighted by molar-refractivity contribution is 5.74. The minimum atomic E-state index is 1.13. The van der Waals surface area contributed by atoms with Crippen molar-refractivity contribution in [3.63, 3.8) is 0 Å². The van der Waals surface area contributed by atoms with E-state index in [-0.39, 0.29) is 0 Å². The summed E-state index contributed by atoms with van der Waals surface area (Å²) in [4.78, 5) is 0. The monoisotopic (exact) mass is 323 g/mol. The Kier molecular flexibility index (Phi) is 3.45. The Morgan fingerprint density at radius 2 is 1.16 bits per heavy atom. The van der Waals surface area contributed by atoms with Crippen LogP contribution in [0.4, 0.5) is 0 Å². The molecule has 0 atom stereocenters. The van der Waals surface area contributed by atoms with Crippen molar-refractivity contribution in [2.45, 2.75) is 25.7 Å². The molecule has 5 rings (SSSR count). The third kappa shape index (κ3) is 2.39. The lowest BCUT2D eigenvalue weighted by molar-refractivity contribution is 0.813. The largest absolute Gasteiger partial charge is 0.317 e. The molecule has 2 aliphatic carbocycles. The van der Waals surface area contributed by atoms with E-state index in [1.165, 1.54) is 39.3 Å². The molecule has 0 N–H and O–H groups in total. The van der Waals surface area contributed by atoms with Gasteiger partial charge in [0.05, 0.1) is 0 Å². The van der Waals surface area contributed by atoms with Gasteiger partial charge in [-0.25, -0.2) is 0 Å². The third-order valence-electron chi connectivity index (χ3n) is 5.35. The first-order chi connectivity index (χ1) is 12.4. The van der Waals surface area contributed by atoms with Crippen molar-refractivity contribution in [1.29, 1.82) is 0 Å². The summed E-state index contributed by atoms with van der Waals surface area (Å²) in [7, 11) is 0. The van der Waals surface area contributed by atoms with Gasteiger partial charge in [-0.3, -0.25) is 0 Å². The van der Waals surface area contributed by atoms with Crippen molar-refractivity contribution in [3.05, 3.63) is 89.3 Å². The minimum absolute atomic E-state index is 1.13. The second-order valence-corrected chi connectivity index (χ2v) is 6.85. The third-order valence-corrected chi connectivity index (χ3v) is 5.35. The molecule has 0 radical (unpaired) electrons. The Morgan fingerprint density at radius 3 is 1.76 bits per heavy atom. The lowest BCUT2D eigenvalue weighted by Gasteiger charge is -2.16. The molecule has 122 valence electrons. The van der Waals surface area contributed by atoms with Crippen LogP contribution in [0, 0.1) is 0 Å². The molecule has 2 aromatic carbocycles. The lowest BCUT2D eigenvalue weighted by Crippen LogP contribution is -2.07. The van der Waals surface area contributed by atoms with Crippen LogP contribution in [-0.4, -0.2) is 4.57 Å².